The summed E-state index contributed by atoms with van der Waals surface area (Å²) in [5, 5.41) is 9.17. The van der Waals surface area contributed by atoms with Crippen LogP contribution < -0.4 is 10.5 Å². The lowest BCUT2D eigenvalue weighted by molar-refractivity contribution is 0.397. The van der Waals surface area contributed by atoms with E-state index in [0.717, 1.165) is 6.42 Å². The summed E-state index contributed by atoms with van der Waals surface area (Å²) in [7, 11) is 0. The van der Waals surface area contributed by atoms with Gasteiger partial charge in [-0.1, -0.05) is 6.92 Å². The second kappa shape index (κ2) is 5.66. The van der Waals surface area contributed by atoms with Gasteiger partial charge in [0.05, 0.1) is 5.69 Å². The number of rotatable bonds is 4. The summed E-state index contributed by atoms with van der Waals surface area (Å²) in [6, 6.07) is 9.45. The maximum atomic E-state index is 12.9. The molecule has 0 radical (unpaired) electrons. The topological polar surface area (TPSA) is 64.0 Å². The van der Waals surface area contributed by atoms with Gasteiger partial charge in [-0.05, 0) is 37.6 Å². The molecule has 1 atom stereocenters. The van der Waals surface area contributed by atoms with Crippen molar-refractivity contribution in [1.29, 1.82) is 5.26 Å². The number of anilines is 1. The molecule has 20 heavy (non-hydrogen) atoms. The summed E-state index contributed by atoms with van der Waals surface area (Å²) in [5.74, 6) is 0.563. The van der Waals surface area contributed by atoms with Crippen LogP contribution in [0.15, 0.2) is 30.3 Å². The minimum absolute atomic E-state index is 0.0809. The van der Waals surface area contributed by atoms with E-state index in [1.807, 2.05) is 13.8 Å². The van der Waals surface area contributed by atoms with Crippen molar-refractivity contribution in [2.45, 2.75) is 26.3 Å². The van der Waals surface area contributed by atoms with E-state index < -0.39 is 0 Å². The number of nitrogen functional groups attached to an aromatic ring is 1. The Labute approximate surface area is 117 Å². The molecule has 0 unspecified atom stereocenters. The lowest BCUT2D eigenvalue weighted by Gasteiger charge is -2.17. The van der Waals surface area contributed by atoms with Crippen LogP contribution in [0.25, 0.3) is 0 Å². The molecule has 0 saturated carbocycles. The Hall–Kier alpha value is -2.48. The quantitative estimate of drug-likeness (QED) is 0.920. The fourth-order valence-corrected chi connectivity index (χ4v) is 1.96. The van der Waals surface area contributed by atoms with Crippen LogP contribution in [-0.2, 0) is 0 Å². The van der Waals surface area contributed by atoms with Crippen molar-refractivity contribution in [3.05, 3.63) is 41.8 Å². The van der Waals surface area contributed by atoms with Crippen molar-refractivity contribution in [2.24, 2.45) is 0 Å². The van der Waals surface area contributed by atoms with Crippen LogP contribution >= 0.6 is 0 Å². The normalized spacial score (nSPS) is 11.9. The Morgan fingerprint density at radius 3 is 2.60 bits per heavy atom. The molecule has 2 N–H and O–H groups in total. The van der Waals surface area contributed by atoms with Gasteiger partial charge in [0, 0.05) is 12.1 Å². The zero-order valence-corrected chi connectivity index (χ0v) is 11.4. The van der Waals surface area contributed by atoms with E-state index >= 15 is 0 Å². The van der Waals surface area contributed by atoms with E-state index in [0.29, 0.717) is 23.0 Å². The molecule has 0 spiro atoms. The number of ether oxygens (including phenoxy) is 1. The van der Waals surface area contributed by atoms with Gasteiger partial charge in [-0.25, -0.2) is 4.39 Å². The van der Waals surface area contributed by atoms with Gasteiger partial charge in [0.1, 0.15) is 23.3 Å². The third kappa shape index (κ3) is 2.59. The van der Waals surface area contributed by atoms with Gasteiger partial charge in [0.2, 0.25) is 5.88 Å². The molecule has 1 aromatic carbocycles. The lowest BCUT2D eigenvalue weighted by atomic mass is 10.2. The average Bonchev–Trinajstić information content (AvgIpc) is 2.77. The maximum Gasteiger partial charge on any atom is 0.224 e. The monoisotopic (exact) mass is 273 g/mol. The van der Waals surface area contributed by atoms with E-state index in [1.54, 1.807) is 10.6 Å². The summed E-state index contributed by atoms with van der Waals surface area (Å²) in [6.45, 7) is 4.00. The predicted octanol–water partition coefficient (Wildman–Crippen LogP) is 3.84. The first-order valence-electron chi connectivity index (χ1n) is 6.41. The highest BCUT2D eigenvalue weighted by molar-refractivity contribution is 5.56. The molecule has 1 aromatic heterocycles. The molecule has 0 bridgehead atoms. The van der Waals surface area contributed by atoms with E-state index in [-0.39, 0.29) is 11.9 Å². The summed E-state index contributed by atoms with van der Waals surface area (Å²) < 4.78 is 20.4. The van der Waals surface area contributed by atoms with Gasteiger partial charge in [-0.2, -0.15) is 5.26 Å². The molecule has 104 valence electrons. The zero-order chi connectivity index (χ0) is 14.7. The van der Waals surface area contributed by atoms with Crippen molar-refractivity contribution in [2.75, 3.05) is 5.73 Å². The second-order valence-corrected chi connectivity index (χ2v) is 4.59. The van der Waals surface area contributed by atoms with E-state index in [4.69, 9.17) is 10.5 Å². The fraction of sp³-hybridized carbons (Fsp3) is 0.267. The standard InChI is InChI=1S/C15H16FN3O/c1-3-10(2)19-12(9-17)8-14(18)15(19)20-13-6-4-11(16)5-7-13/h4-8,10H,3,18H2,1-2H3/t10-/m1/s1. The van der Waals surface area contributed by atoms with Gasteiger partial charge in [-0.3, -0.25) is 4.57 Å². The van der Waals surface area contributed by atoms with Crippen LogP contribution in [0.3, 0.4) is 0 Å². The molecule has 0 saturated heterocycles. The summed E-state index contributed by atoms with van der Waals surface area (Å²) in [6.07, 6.45) is 0.836. The maximum absolute atomic E-state index is 12.9. The first kappa shape index (κ1) is 13.9. The minimum atomic E-state index is -0.333. The Kier molecular flexibility index (Phi) is 3.94. The molecule has 0 aliphatic heterocycles. The molecule has 0 aliphatic carbocycles. The zero-order valence-electron chi connectivity index (χ0n) is 11.4. The molecular formula is C15H16FN3O. The molecule has 0 amide bonds. The Morgan fingerprint density at radius 2 is 2.05 bits per heavy atom. The highest BCUT2D eigenvalue weighted by Crippen LogP contribution is 2.34. The van der Waals surface area contributed by atoms with Crippen LogP contribution in [0.4, 0.5) is 10.1 Å². The van der Waals surface area contributed by atoms with Crippen LogP contribution in [0, 0.1) is 17.1 Å². The summed E-state index contributed by atoms with van der Waals surface area (Å²) in [5.41, 5.74) is 6.76. The second-order valence-electron chi connectivity index (χ2n) is 4.59. The molecule has 0 fully saturated rings. The molecule has 0 aliphatic rings. The minimum Gasteiger partial charge on any atom is -0.439 e. The number of nitrogens with two attached hydrogens (primary N) is 1. The van der Waals surface area contributed by atoms with Crippen LogP contribution in [0.1, 0.15) is 32.0 Å². The van der Waals surface area contributed by atoms with E-state index in [1.165, 1.54) is 24.3 Å². The number of aromatic nitrogens is 1. The van der Waals surface area contributed by atoms with Gasteiger partial charge >= 0.3 is 0 Å². The molecule has 4 nitrogen and oxygen atoms in total. The van der Waals surface area contributed by atoms with Crippen LogP contribution in [0.5, 0.6) is 11.6 Å². The molecule has 2 rings (SSSR count). The van der Waals surface area contributed by atoms with Crippen molar-refractivity contribution in [3.8, 4) is 17.7 Å². The molecule has 2 aromatic rings. The third-order valence-corrected chi connectivity index (χ3v) is 3.19. The smallest absolute Gasteiger partial charge is 0.224 e. The highest BCUT2D eigenvalue weighted by Gasteiger charge is 2.18. The molecule has 5 heteroatoms. The average molecular weight is 273 g/mol. The van der Waals surface area contributed by atoms with E-state index in [2.05, 4.69) is 6.07 Å². The number of nitriles is 1. The summed E-state index contributed by atoms with van der Waals surface area (Å²) in [4.78, 5) is 0. The Bertz CT molecular complexity index is 640. The summed E-state index contributed by atoms with van der Waals surface area (Å²) >= 11 is 0. The third-order valence-electron chi connectivity index (χ3n) is 3.19. The van der Waals surface area contributed by atoms with E-state index in [9.17, 15) is 9.65 Å². The van der Waals surface area contributed by atoms with Crippen molar-refractivity contribution in [1.82, 2.24) is 4.57 Å². The SMILES string of the molecule is CC[C@@H](C)n1c(C#N)cc(N)c1Oc1ccc(F)cc1. The Morgan fingerprint density at radius 1 is 1.40 bits per heavy atom. The number of nitrogens with zero attached hydrogens (tertiary/aromatic N) is 2. The van der Waals surface area contributed by atoms with Crippen LogP contribution in [-0.4, -0.2) is 4.57 Å². The number of halogens is 1. The predicted molar refractivity (Wildman–Crippen MR) is 75.0 cm³/mol. The number of hydrogen-bond donors (Lipinski definition) is 1. The Balaban J connectivity index is 2.43. The molecular weight excluding hydrogens is 257 g/mol. The fourth-order valence-electron chi connectivity index (χ4n) is 1.96. The number of hydrogen-bond acceptors (Lipinski definition) is 3. The van der Waals surface area contributed by atoms with Crippen LogP contribution in [0.2, 0.25) is 0 Å². The van der Waals surface area contributed by atoms with Crippen molar-refractivity contribution < 1.29 is 9.13 Å². The highest BCUT2D eigenvalue weighted by atomic mass is 19.1. The van der Waals surface area contributed by atoms with Crippen molar-refractivity contribution in [3.63, 3.8) is 0 Å². The first-order chi connectivity index (χ1) is 9.56. The largest absolute Gasteiger partial charge is 0.439 e. The lowest BCUT2D eigenvalue weighted by Crippen LogP contribution is -2.08. The van der Waals surface area contributed by atoms with Gasteiger partial charge < -0.3 is 10.5 Å². The van der Waals surface area contributed by atoms with Gasteiger partial charge in [0.15, 0.2) is 0 Å². The number of benzene rings is 1. The first-order valence-corrected chi connectivity index (χ1v) is 6.41. The van der Waals surface area contributed by atoms with Gasteiger partial charge in [0.25, 0.3) is 0 Å². The van der Waals surface area contributed by atoms with Gasteiger partial charge in [-0.15, -0.1) is 0 Å². The van der Waals surface area contributed by atoms with Crippen molar-refractivity contribution >= 4 is 5.69 Å². The molecule has 1 heterocycles.